The number of aromatic nitrogens is 1. The molecule has 0 aliphatic carbocycles. The molecule has 1 aromatic carbocycles. The van der Waals surface area contributed by atoms with Gasteiger partial charge in [0.05, 0.1) is 49.1 Å². The van der Waals surface area contributed by atoms with Gasteiger partial charge in [0.2, 0.25) is 0 Å². The van der Waals surface area contributed by atoms with Crippen LogP contribution in [0.15, 0.2) is 60.2 Å². The van der Waals surface area contributed by atoms with E-state index in [1.165, 1.54) is 32.5 Å². The Bertz CT molecular complexity index is 1330. The molecule has 2 aromatic rings. The summed E-state index contributed by atoms with van der Waals surface area (Å²) in [5.74, 6) is -2.36. The summed E-state index contributed by atoms with van der Waals surface area (Å²) >= 11 is 0. The molecule has 1 saturated heterocycles. The van der Waals surface area contributed by atoms with Gasteiger partial charge in [0, 0.05) is 45.5 Å². The molecule has 43 heavy (non-hydrogen) atoms. The molecular weight excluding hydrogens is 575 g/mol. The van der Waals surface area contributed by atoms with E-state index in [-0.39, 0.29) is 30.7 Å². The molecule has 0 saturated carbocycles. The average molecular weight is 611 g/mol. The first kappa shape index (κ1) is 32.0. The van der Waals surface area contributed by atoms with Crippen molar-refractivity contribution in [1.29, 1.82) is 0 Å². The first-order valence-electron chi connectivity index (χ1n) is 13.7. The number of hydrogen-bond donors (Lipinski definition) is 3. The zero-order valence-corrected chi connectivity index (χ0v) is 23.9. The highest BCUT2D eigenvalue weighted by Gasteiger charge is 2.38. The molecule has 2 aliphatic heterocycles. The van der Waals surface area contributed by atoms with E-state index < -0.39 is 35.4 Å². The number of esters is 1. The van der Waals surface area contributed by atoms with E-state index in [2.05, 4.69) is 27.5 Å². The molecule has 234 valence electrons. The Kier molecular flexibility index (Phi) is 10.5. The van der Waals surface area contributed by atoms with E-state index in [1.54, 1.807) is 9.80 Å². The van der Waals surface area contributed by atoms with Gasteiger partial charge in [-0.15, -0.1) is 0 Å². The number of nitrogens with one attached hydrogen (secondary N) is 3. The van der Waals surface area contributed by atoms with Gasteiger partial charge in [-0.3, -0.25) is 0 Å². The van der Waals surface area contributed by atoms with Crippen molar-refractivity contribution >= 4 is 11.8 Å². The second-order valence-electron chi connectivity index (χ2n) is 10.2. The average Bonchev–Trinajstić information content (AvgIpc) is 3.00. The van der Waals surface area contributed by atoms with E-state index >= 15 is 0 Å². The summed E-state index contributed by atoms with van der Waals surface area (Å²) in [5, 5.41) is 9.76. The van der Waals surface area contributed by atoms with E-state index in [0.29, 0.717) is 56.1 Å². The monoisotopic (exact) mass is 610 g/mol. The van der Waals surface area contributed by atoms with Crippen molar-refractivity contribution in [3.05, 3.63) is 83.0 Å². The molecule has 3 N–H and O–H groups in total. The normalized spacial score (nSPS) is 18.0. The number of pyridine rings is 1. The summed E-state index contributed by atoms with van der Waals surface area (Å²) in [6.45, 7) is 6.18. The molecule has 0 radical (unpaired) electrons. The van der Waals surface area contributed by atoms with Crippen LogP contribution in [-0.4, -0.2) is 75.6 Å². The number of hydrogen-bond acceptors (Lipinski definition) is 9. The van der Waals surface area contributed by atoms with Gasteiger partial charge < -0.3 is 35.2 Å². The fraction of sp³-hybridized carbons (Fsp3) is 0.448. The number of benzene rings is 1. The molecular formula is C29H35F5N6O3. The van der Waals surface area contributed by atoms with Crippen LogP contribution in [0.4, 0.5) is 27.8 Å². The summed E-state index contributed by atoms with van der Waals surface area (Å²) in [7, 11) is 2.70. The molecule has 1 unspecified atom stereocenters. The second-order valence-corrected chi connectivity index (χ2v) is 10.2. The van der Waals surface area contributed by atoms with E-state index in [4.69, 9.17) is 9.47 Å². The molecule has 9 nitrogen and oxygen atoms in total. The van der Waals surface area contributed by atoms with Gasteiger partial charge in [-0.1, -0.05) is 12.6 Å². The van der Waals surface area contributed by atoms with Crippen LogP contribution in [0.5, 0.6) is 0 Å². The third-order valence-corrected chi connectivity index (χ3v) is 7.45. The van der Waals surface area contributed by atoms with Crippen LogP contribution in [0.3, 0.4) is 0 Å². The zero-order chi connectivity index (χ0) is 31.1. The maximum atomic E-state index is 14.3. The Morgan fingerprint density at radius 2 is 1.88 bits per heavy atom. The zero-order valence-electron chi connectivity index (χ0n) is 23.9. The van der Waals surface area contributed by atoms with E-state index in [1.807, 2.05) is 0 Å². The smallest absolute Gasteiger partial charge is 0.419 e. The number of rotatable bonds is 11. The summed E-state index contributed by atoms with van der Waals surface area (Å²) in [5.41, 5.74) is 0.214. The van der Waals surface area contributed by atoms with Crippen LogP contribution in [0.1, 0.15) is 30.0 Å². The van der Waals surface area contributed by atoms with E-state index in [9.17, 15) is 26.7 Å². The fourth-order valence-corrected chi connectivity index (χ4v) is 5.34. The predicted molar refractivity (Wildman–Crippen MR) is 149 cm³/mol. The van der Waals surface area contributed by atoms with Gasteiger partial charge in [0.15, 0.2) is 11.6 Å². The number of alkyl halides is 3. The van der Waals surface area contributed by atoms with Crippen molar-refractivity contribution in [1.82, 2.24) is 25.8 Å². The molecule has 0 bridgehead atoms. The highest BCUT2D eigenvalue weighted by atomic mass is 19.4. The molecule has 0 spiro atoms. The minimum Gasteiger partial charge on any atom is -0.466 e. The van der Waals surface area contributed by atoms with Crippen LogP contribution < -0.4 is 20.9 Å². The van der Waals surface area contributed by atoms with Crippen molar-refractivity contribution < 1.29 is 36.2 Å². The van der Waals surface area contributed by atoms with Crippen molar-refractivity contribution in [3.8, 4) is 0 Å². The largest absolute Gasteiger partial charge is 0.466 e. The molecule has 3 heterocycles. The van der Waals surface area contributed by atoms with E-state index in [0.717, 1.165) is 18.2 Å². The van der Waals surface area contributed by atoms with Crippen molar-refractivity contribution in [2.45, 2.75) is 31.1 Å². The Morgan fingerprint density at radius 3 is 2.53 bits per heavy atom. The van der Waals surface area contributed by atoms with Gasteiger partial charge >= 0.3 is 12.1 Å². The standard InChI is InChI=1S/C29H35F5N6O3/c1-18(35-11-12-36-20-8-13-39(14-9-20)27-21(29(32,33)34)5-4-10-37-27)40-17-38-24(16-42-2)25(28(41)43-3)26(40)19-6-7-22(30)23(31)15-19/h4-7,10,15,20,26,35-36,38H,1,8-9,11-14,16-17H2,2-3H3. The lowest BCUT2D eigenvalue weighted by atomic mass is 9.93. The lowest BCUT2D eigenvalue weighted by Crippen LogP contribution is -2.49. The Labute approximate surface area is 246 Å². The number of halogens is 5. The fourth-order valence-electron chi connectivity index (χ4n) is 5.34. The number of carbonyl (C=O) groups excluding carboxylic acids is 1. The molecule has 1 fully saturated rings. The minimum atomic E-state index is -4.47. The SMILES string of the molecule is C=C(NCCNC1CCN(c2ncccc2C(F)(F)F)CC1)N1CNC(COC)=C(C(=O)OC)C1c1ccc(F)c(F)c1. The number of ether oxygens (including phenoxy) is 2. The predicted octanol–water partition coefficient (Wildman–Crippen LogP) is 3.68. The molecule has 1 atom stereocenters. The first-order valence-corrected chi connectivity index (χ1v) is 13.7. The number of anilines is 1. The van der Waals surface area contributed by atoms with Crippen molar-refractivity contribution in [2.75, 3.05) is 58.6 Å². The Balaban J connectivity index is 1.37. The van der Waals surface area contributed by atoms with Gasteiger partial charge in [0.25, 0.3) is 0 Å². The second kappa shape index (κ2) is 14.0. The third-order valence-electron chi connectivity index (χ3n) is 7.45. The quantitative estimate of drug-likeness (QED) is 0.200. The number of piperidine rings is 1. The summed E-state index contributed by atoms with van der Waals surface area (Å²) < 4.78 is 78.5. The van der Waals surface area contributed by atoms with Crippen LogP contribution in [0.2, 0.25) is 0 Å². The van der Waals surface area contributed by atoms with Gasteiger partial charge in [-0.05, 0) is 42.7 Å². The molecule has 0 amide bonds. The summed E-state index contributed by atoms with van der Waals surface area (Å²) in [6.07, 6.45) is -1.83. The highest BCUT2D eigenvalue weighted by Crippen LogP contribution is 2.37. The number of nitrogens with zero attached hydrogens (tertiary/aromatic N) is 3. The lowest BCUT2D eigenvalue weighted by molar-refractivity contribution is -0.138. The molecule has 14 heteroatoms. The first-order chi connectivity index (χ1) is 20.5. The maximum Gasteiger partial charge on any atom is 0.419 e. The van der Waals surface area contributed by atoms with Crippen LogP contribution in [-0.2, 0) is 20.4 Å². The number of methoxy groups -OCH3 is 2. The van der Waals surface area contributed by atoms with Gasteiger partial charge in [-0.25, -0.2) is 18.6 Å². The van der Waals surface area contributed by atoms with Gasteiger partial charge in [-0.2, -0.15) is 13.2 Å². The van der Waals surface area contributed by atoms with Gasteiger partial charge in [0.1, 0.15) is 5.82 Å². The molecule has 2 aliphatic rings. The van der Waals surface area contributed by atoms with Crippen molar-refractivity contribution in [3.63, 3.8) is 0 Å². The highest BCUT2D eigenvalue weighted by molar-refractivity contribution is 5.91. The lowest BCUT2D eigenvalue weighted by Gasteiger charge is -2.41. The third kappa shape index (κ3) is 7.54. The molecule has 1 aromatic heterocycles. The summed E-state index contributed by atoms with van der Waals surface area (Å²) in [6, 6.07) is 5.02. The van der Waals surface area contributed by atoms with Crippen molar-refractivity contribution in [2.24, 2.45) is 0 Å². The van der Waals surface area contributed by atoms with Crippen LogP contribution in [0.25, 0.3) is 0 Å². The topological polar surface area (TPSA) is 91.0 Å². The minimum absolute atomic E-state index is 0.0498. The number of carbonyl (C=O) groups is 1. The summed E-state index contributed by atoms with van der Waals surface area (Å²) in [4.78, 5) is 20.2. The molecule has 4 rings (SSSR count). The van der Waals surface area contributed by atoms with Crippen LogP contribution in [0, 0.1) is 11.6 Å². The van der Waals surface area contributed by atoms with Crippen LogP contribution >= 0.6 is 0 Å². The Morgan fingerprint density at radius 1 is 1.14 bits per heavy atom. The Hall–Kier alpha value is -3.91. The maximum absolute atomic E-state index is 14.3.